The van der Waals surface area contributed by atoms with Crippen molar-refractivity contribution in [3.05, 3.63) is 59.2 Å². The number of allylic oxidation sites excluding steroid dienone is 4. The lowest BCUT2D eigenvalue weighted by Gasteiger charge is -2.30. The Morgan fingerprint density at radius 3 is 2.74 bits per heavy atom. The molecule has 0 radical (unpaired) electrons. The molecule has 1 aromatic carbocycles. The first-order valence-electron chi connectivity index (χ1n) is 7.27. The van der Waals surface area contributed by atoms with E-state index in [1.54, 1.807) is 13.0 Å². The lowest BCUT2D eigenvalue weighted by molar-refractivity contribution is -0.121. The minimum atomic E-state index is -2.46. The zero-order valence-electron chi connectivity index (χ0n) is 12.4. The summed E-state index contributed by atoms with van der Waals surface area (Å²) in [5.41, 5.74) is 0.759. The first-order valence-corrected chi connectivity index (χ1v) is 7.27. The first-order chi connectivity index (χ1) is 10.9. The van der Waals surface area contributed by atoms with Crippen LogP contribution >= 0.6 is 0 Å². The van der Waals surface area contributed by atoms with Gasteiger partial charge in [-0.1, -0.05) is 17.7 Å². The summed E-state index contributed by atoms with van der Waals surface area (Å²) >= 11 is 0. The monoisotopic (exact) mass is 320 g/mol. The van der Waals surface area contributed by atoms with E-state index in [0.29, 0.717) is 11.1 Å². The molecule has 2 atom stereocenters. The molecule has 23 heavy (non-hydrogen) atoms. The van der Waals surface area contributed by atoms with Crippen LogP contribution in [0.5, 0.6) is 0 Å². The molecule has 0 fully saturated rings. The quantitative estimate of drug-likeness (QED) is 0.830. The van der Waals surface area contributed by atoms with Crippen LogP contribution in [0.15, 0.2) is 52.9 Å². The number of carbonyl (C=O) groups is 1. The molecule has 2 aliphatic rings. The van der Waals surface area contributed by atoms with Gasteiger partial charge in [0.05, 0.1) is 5.71 Å². The van der Waals surface area contributed by atoms with Crippen molar-refractivity contribution in [3.8, 4) is 0 Å². The van der Waals surface area contributed by atoms with Crippen LogP contribution in [0.2, 0.25) is 0 Å². The van der Waals surface area contributed by atoms with E-state index in [0.717, 1.165) is 12.2 Å². The molecule has 3 nitrogen and oxygen atoms in total. The van der Waals surface area contributed by atoms with Gasteiger partial charge in [-0.2, -0.15) is 5.10 Å². The van der Waals surface area contributed by atoms with E-state index < -0.39 is 23.2 Å². The fraction of sp³-hybridized carbons (Fsp3) is 0.294. The van der Waals surface area contributed by atoms with Crippen molar-refractivity contribution in [1.29, 1.82) is 0 Å². The summed E-state index contributed by atoms with van der Waals surface area (Å²) < 4.78 is 43.0. The van der Waals surface area contributed by atoms with Gasteiger partial charge in [-0.05, 0) is 36.8 Å². The average Bonchev–Trinajstić information content (AvgIpc) is 2.51. The molecular formula is C17H15F3N2O. The van der Waals surface area contributed by atoms with Crippen LogP contribution in [0.25, 0.3) is 0 Å². The fourth-order valence-electron chi connectivity index (χ4n) is 2.89. The highest BCUT2D eigenvalue weighted by Crippen LogP contribution is 2.41. The molecule has 1 aliphatic heterocycles. The number of nitrogens with one attached hydrogen (secondary N) is 1. The number of hydrazone groups is 1. The van der Waals surface area contributed by atoms with E-state index in [2.05, 4.69) is 10.5 Å². The number of halogens is 3. The molecule has 0 saturated carbocycles. The molecule has 0 bridgehead atoms. The molecule has 6 heteroatoms. The van der Waals surface area contributed by atoms with Crippen molar-refractivity contribution in [2.75, 3.05) is 0 Å². The summed E-state index contributed by atoms with van der Waals surface area (Å²) in [6.07, 6.45) is 2.42. The van der Waals surface area contributed by atoms with Crippen molar-refractivity contribution in [1.82, 2.24) is 5.43 Å². The number of nitrogens with zero attached hydrogens (tertiary/aromatic N) is 1. The molecule has 2 unspecified atom stereocenters. The molecule has 0 spiro atoms. The van der Waals surface area contributed by atoms with Crippen molar-refractivity contribution in [2.24, 2.45) is 5.10 Å². The normalized spacial score (nSPS) is 27.7. The Morgan fingerprint density at radius 1 is 1.30 bits per heavy atom. The van der Waals surface area contributed by atoms with Crippen LogP contribution in [0.4, 0.5) is 13.2 Å². The Kier molecular flexibility index (Phi) is 3.83. The lowest BCUT2D eigenvalue weighted by atomic mass is 9.80. The molecule has 1 aliphatic carbocycles. The number of carbonyl (C=O) groups excluding carboxylic acids is 1. The largest absolute Gasteiger partial charge is 0.273 e. The van der Waals surface area contributed by atoms with Gasteiger partial charge in [0, 0.05) is 18.8 Å². The van der Waals surface area contributed by atoms with Gasteiger partial charge in [0.2, 0.25) is 11.6 Å². The zero-order chi connectivity index (χ0) is 16.6. The Morgan fingerprint density at radius 2 is 2.09 bits per heavy atom. The van der Waals surface area contributed by atoms with Gasteiger partial charge in [0.15, 0.2) is 0 Å². The number of amides is 1. The molecule has 3 rings (SSSR count). The summed E-state index contributed by atoms with van der Waals surface area (Å²) in [6.45, 7) is 1.66. The number of alkyl halides is 1. The number of benzene rings is 1. The van der Waals surface area contributed by atoms with Crippen molar-refractivity contribution in [3.63, 3.8) is 0 Å². The third kappa shape index (κ3) is 2.81. The molecule has 1 aromatic rings. The molecule has 120 valence electrons. The van der Waals surface area contributed by atoms with Gasteiger partial charge >= 0.3 is 0 Å². The summed E-state index contributed by atoms with van der Waals surface area (Å²) in [4.78, 5) is 11.1. The summed E-state index contributed by atoms with van der Waals surface area (Å²) in [7, 11) is 0. The standard InChI is InChI=1S/C17H15F3N2O/c1-10-9-17(20,15-5-6-16(23)22-21-15)14(19)8-13(10)11-3-2-4-12(18)7-11/h2-4,7-9,13H,5-6H2,1H3,(H,22,23). The minimum Gasteiger partial charge on any atom is -0.273 e. The van der Waals surface area contributed by atoms with E-state index in [9.17, 15) is 13.6 Å². The van der Waals surface area contributed by atoms with Crippen LogP contribution in [0.1, 0.15) is 31.2 Å². The lowest BCUT2D eigenvalue weighted by Crippen LogP contribution is -2.40. The number of rotatable bonds is 2. The Bertz CT molecular complexity index is 754. The van der Waals surface area contributed by atoms with Gasteiger partial charge in [-0.15, -0.1) is 0 Å². The third-order valence-electron chi connectivity index (χ3n) is 4.11. The van der Waals surface area contributed by atoms with Crippen LogP contribution in [0, 0.1) is 5.82 Å². The van der Waals surface area contributed by atoms with Crippen LogP contribution in [0.3, 0.4) is 0 Å². The highest BCUT2D eigenvalue weighted by atomic mass is 19.2. The summed E-state index contributed by atoms with van der Waals surface area (Å²) in [6, 6.07) is 5.79. The van der Waals surface area contributed by atoms with Gasteiger partial charge in [0.1, 0.15) is 11.6 Å². The Hall–Kier alpha value is -2.37. The minimum absolute atomic E-state index is 0.0536. The smallest absolute Gasteiger partial charge is 0.240 e. The molecule has 0 aromatic heterocycles. The van der Waals surface area contributed by atoms with Gasteiger partial charge in [-0.3, -0.25) is 4.79 Å². The predicted octanol–water partition coefficient (Wildman–Crippen LogP) is 3.70. The van der Waals surface area contributed by atoms with E-state index in [1.165, 1.54) is 18.2 Å². The second-order valence-corrected chi connectivity index (χ2v) is 5.74. The van der Waals surface area contributed by atoms with E-state index in [1.807, 2.05) is 0 Å². The Balaban J connectivity index is 1.96. The number of hydrogen-bond donors (Lipinski definition) is 1. The van der Waals surface area contributed by atoms with Crippen LogP contribution < -0.4 is 5.43 Å². The Labute approximate surface area is 131 Å². The van der Waals surface area contributed by atoms with Gasteiger partial charge in [-0.25, -0.2) is 18.6 Å². The second kappa shape index (κ2) is 5.68. The van der Waals surface area contributed by atoms with E-state index in [-0.39, 0.29) is 24.5 Å². The average molecular weight is 320 g/mol. The van der Waals surface area contributed by atoms with Crippen LogP contribution in [-0.2, 0) is 4.79 Å². The second-order valence-electron chi connectivity index (χ2n) is 5.74. The predicted molar refractivity (Wildman–Crippen MR) is 80.7 cm³/mol. The van der Waals surface area contributed by atoms with Crippen LogP contribution in [-0.4, -0.2) is 17.3 Å². The maximum Gasteiger partial charge on any atom is 0.240 e. The first kappa shape index (κ1) is 15.5. The fourth-order valence-corrected chi connectivity index (χ4v) is 2.89. The maximum absolute atomic E-state index is 15.1. The molecule has 0 saturated heterocycles. The molecule has 1 amide bonds. The SMILES string of the molecule is CC1=CC(F)(C2=NNC(=O)CC2)C(F)=CC1c1cccc(F)c1. The number of hydrogen-bond acceptors (Lipinski definition) is 2. The maximum atomic E-state index is 15.1. The van der Waals surface area contributed by atoms with Crippen molar-refractivity contribution in [2.45, 2.75) is 31.4 Å². The zero-order valence-corrected chi connectivity index (χ0v) is 12.4. The highest BCUT2D eigenvalue weighted by Gasteiger charge is 2.43. The topological polar surface area (TPSA) is 41.5 Å². The molecular weight excluding hydrogens is 305 g/mol. The summed E-state index contributed by atoms with van der Waals surface area (Å²) in [5.74, 6) is -2.28. The van der Waals surface area contributed by atoms with E-state index in [4.69, 9.17) is 0 Å². The van der Waals surface area contributed by atoms with E-state index >= 15 is 4.39 Å². The highest BCUT2D eigenvalue weighted by molar-refractivity contribution is 6.01. The molecule has 1 N–H and O–H groups in total. The van der Waals surface area contributed by atoms with Gasteiger partial charge in [0.25, 0.3) is 0 Å². The van der Waals surface area contributed by atoms with Crippen molar-refractivity contribution >= 4 is 11.6 Å². The van der Waals surface area contributed by atoms with Gasteiger partial charge < -0.3 is 0 Å². The van der Waals surface area contributed by atoms with Crippen molar-refractivity contribution < 1.29 is 18.0 Å². The molecule has 1 heterocycles. The summed E-state index contributed by atoms with van der Waals surface area (Å²) in [5, 5.41) is 3.66. The third-order valence-corrected chi connectivity index (χ3v) is 4.11.